The zero-order valence-corrected chi connectivity index (χ0v) is 11.9. The number of halogens is 2. The molecule has 3 nitrogen and oxygen atoms in total. The Morgan fingerprint density at radius 1 is 1.16 bits per heavy atom. The number of anilines is 3. The Labute approximate surface area is 122 Å². The highest BCUT2D eigenvalue weighted by molar-refractivity contribution is 6.36. The van der Waals surface area contributed by atoms with Crippen LogP contribution < -0.4 is 15.8 Å². The third-order valence-electron chi connectivity index (χ3n) is 2.45. The predicted octanol–water partition coefficient (Wildman–Crippen LogP) is 4.72. The normalized spacial score (nSPS) is 10.3. The molecule has 0 spiro atoms. The molecule has 2 rings (SSSR count). The van der Waals surface area contributed by atoms with Gasteiger partial charge in [-0.05, 0) is 31.2 Å². The largest absolute Gasteiger partial charge is 0.494 e. The second-order valence-electron chi connectivity index (χ2n) is 3.97. The first-order valence-electron chi connectivity index (χ1n) is 5.84. The Balaban J connectivity index is 2.27. The standard InChI is InChI=1S/C14H14Cl2N2O/c1-2-19-12-7-10(17)6-11(8-12)18-14-4-3-9(15)5-13(14)16/h3-8,18H,2,17H2,1H3. The summed E-state index contributed by atoms with van der Waals surface area (Å²) in [7, 11) is 0. The average Bonchev–Trinajstić information content (AvgIpc) is 2.32. The lowest BCUT2D eigenvalue weighted by Gasteiger charge is -2.11. The molecule has 0 aliphatic carbocycles. The molecule has 2 aromatic rings. The Morgan fingerprint density at radius 3 is 2.63 bits per heavy atom. The maximum absolute atomic E-state index is 6.11. The summed E-state index contributed by atoms with van der Waals surface area (Å²) in [5.74, 6) is 0.718. The van der Waals surface area contributed by atoms with Crippen LogP contribution in [0.4, 0.5) is 17.1 Å². The number of hydrogen-bond acceptors (Lipinski definition) is 3. The van der Waals surface area contributed by atoms with Crippen LogP contribution in [0.25, 0.3) is 0 Å². The average molecular weight is 297 g/mol. The topological polar surface area (TPSA) is 47.3 Å². The van der Waals surface area contributed by atoms with Crippen molar-refractivity contribution in [2.24, 2.45) is 0 Å². The van der Waals surface area contributed by atoms with E-state index in [0.29, 0.717) is 22.3 Å². The van der Waals surface area contributed by atoms with Crippen LogP contribution in [-0.2, 0) is 0 Å². The molecule has 0 amide bonds. The number of nitrogen functional groups attached to an aromatic ring is 1. The highest BCUT2D eigenvalue weighted by Gasteiger charge is 2.04. The van der Waals surface area contributed by atoms with Gasteiger partial charge < -0.3 is 15.8 Å². The fraction of sp³-hybridized carbons (Fsp3) is 0.143. The number of nitrogens with two attached hydrogens (primary N) is 1. The van der Waals surface area contributed by atoms with E-state index in [2.05, 4.69) is 5.32 Å². The first-order valence-corrected chi connectivity index (χ1v) is 6.59. The van der Waals surface area contributed by atoms with Crippen molar-refractivity contribution >= 4 is 40.3 Å². The summed E-state index contributed by atoms with van der Waals surface area (Å²) < 4.78 is 5.44. The Hall–Kier alpha value is -1.58. The minimum absolute atomic E-state index is 0.549. The second kappa shape index (κ2) is 6.04. The molecule has 2 aromatic carbocycles. The lowest BCUT2D eigenvalue weighted by Crippen LogP contribution is -1.97. The van der Waals surface area contributed by atoms with E-state index in [1.54, 1.807) is 18.2 Å². The minimum Gasteiger partial charge on any atom is -0.494 e. The number of ether oxygens (including phenoxy) is 1. The quantitative estimate of drug-likeness (QED) is 0.803. The fourth-order valence-electron chi connectivity index (χ4n) is 1.69. The molecule has 19 heavy (non-hydrogen) atoms. The number of nitrogens with one attached hydrogen (secondary N) is 1. The Bertz CT molecular complexity index is 588. The molecule has 0 atom stereocenters. The van der Waals surface area contributed by atoms with Gasteiger partial charge in [-0.3, -0.25) is 0 Å². The smallest absolute Gasteiger partial charge is 0.123 e. The van der Waals surface area contributed by atoms with Gasteiger partial charge in [-0.1, -0.05) is 23.2 Å². The Morgan fingerprint density at radius 2 is 1.95 bits per heavy atom. The van der Waals surface area contributed by atoms with Gasteiger partial charge in [-0.15, -0.1) is 0 Å². The van der Waals surface area contributed by atoms with Crippen molar-refractivity contribution in [1.29, 1.82) is 0 Å². The van der Waals surface area contributed by atoms with Gasteiger partial charge in [-0.2, -0.15) is 0 Å². The molecule has 0 aliphatic heterocycles. The van der Waals surface area contributed by atoms with Crippen molar-refractivity contribution in [2.75, 3.05) is 17.7 Å². The maximum atomic E-state index is 6.11. The van der Waals surface area contributed by atoms with Gasteiger partial charge in [0.25, 0.3) is 0 Å². The van der Waals surface area contributed by atoms with E-state index in [1.165, 1.54) is 0 Å². The first kappa shape index (κ1) is 13.8. The Kier molecular flexibility index (Phi) is 4.40. The summed E-state index contributed by atoms with van der Waals surface area (Å²) >= 11 is 12.0. The van der Waals surface area contributed by atoms with Crippen molar-refractivity contribution in [3.05, 3.63) is 46.4 Å². The molecule has 0 aliphatic rings. The van der Waals surface area contributed by atoms with Crippen LogP contribution in [0.2, 0.25) is 10.0 Å². The van der Waals surface area contributed by atoms with Crippen LogP contribution in [0.3, 0.4) is 0 Å². The highest BCUT2D eigenvalue weighted by atomic mass is 35.5. The van der Waals surface area contributed by atoms with Gasteiger partial charge in [0, 0.05) is 28.5 Å². The zero-order chi connectivity index (χ0) is 13.8. The van der Waals surface area contributed by atoms with Crippen LogP contribution in [0.15, 0.2) is 36.4 Å². The third-order valence-corrected chi connectivity index (χ3v) is 3.00. The van der Waals surface area contributed by atoms with E-state index in [-0.39, 0.29) is 0 Å². The van der Waals surface area contributed by atoms with Gasteiger partial charge in [0.2, 0.25) is 0 Å². The lowest BCUT2D eigenvalue weighted by molar-refractivity contribution is 0.340. The molecule has 0 fully saturated rings. The van der Waals surface area contributed by atoms with Crippen molar-refractivity contribution < 1.29 is 4.74 Å². The summed E-state index contributed by atoms with van der Waals surface area (Å²) in [6, 6.07) is 10.7. The van der Waals surface area contributed by atoms with Crippen molar-refractivity contribution in [1.82, 2.24) is 0 Å². The monoisotopic (exact) mass is 296 g/mol. The second-order valence-corrected chi connectivity index (χ2v) is 4.82. The van der Waals surface area contributed by atoms with E-state index >= 15 is 0 Å². The van der Waals surface area contributed by atoms with Crippen LogP contribution in [0, 0.1) is 0 Å². The first-order chi connectivity index (χ1) is 9.08. The summed E-state index contributed by atoms with van der Waals surface area (Å²) in [5.41, 5.74) is 8.03. The van der Waals surface area contributed by atoms with E-state index in [1.807, 2.05) is 25.1 Å². The van der Waals surface area contributed by atoms with Gasteiger partial charge in [0.1, 0.15) is 5.75 Å². The molecule has 0 saturated carbocycles. The van der Waals surface area contributed by atoms with Crippen molar-refractivity contribution in [3.8, 4) is 5.75 Å². The molecule has 3 N–H and O–H groups in total. The zero-order valence-electron chi connectivity index (χ0n) is 10.4. The number of benzene rings is 2. The van der Waals surface area contributed by atoms with Crippen LogP contribution in [-0.4, -0.2) is 6.61 Å². The molecule has 0 aromatic heterocycles. The van der Waals surface area contributed by atoms with E-state index < -0.39 is 0 Å². The summed E-state index contributed by atoms with van der Waals surface area (Å²) in [5, 5.41) is 4.33. The van der Waals surface area contributed by atoms with Crippen LogP contribution in [0.1, 0.15) is 6.92 Å². The highest BCUT2D eigenvalue weighted by Crippen LogP contribution is 2.30. The molecular formula is C14H14Cl2N2O. The molecule has 0 bridgehead atoms. The van der Waals surface area contributed by atoms with Crippen molar-refractivity contribution in [2.45, 2.75) is 6.92 Å². The van der Waals surface area contributed by atoms with Crippen LogP contribution in [0.5, 0.6) is 5.75 Å². The molecular weight excluding hydrogens is 283 g/mol. The molecule has 0 heterocycles. The summed E-state index contributed by atoms with van der Waals surface area (Å²) in [6.45, 7) is 2.51. The van der Waals surface area contributed by atoms with Gasteiger partial charge in [-0.25, -0.2) is 0 Å². The lowest BCUT2D eigenvalue weighted by atomic mass is 10.2. The van der Waals surface area contributed by atoms with E-state index in [9.17, 15) is 0 Å². The summed E-state index contributed by atoms with van der Waals surface area (Å²) in [6.07, 6.45) is 0. The maximum Gasteiger partial charge on any atom is 0.123 e. The molecule has 0 saturated heterocycles. The molecule has 100 valence electrons. The summed E-state index contributed by atoms with van der Waals surface area (Å²) in [4.78, 5) is 0. The minimum atomic E-state index is 0.549. The predicted molar refractivity (Wildman–Crippen MR) is 81.8 cm³/mol. The molecule has 5 heteroatoms. The van der Waals surface area contributed by atoms with Gasteiger partial charge in [0.05, 0.1) is 17.3 Å². The molecule has 0 unspecified atom stereocenters. The van der Waals surface area contributed by atoms with E-state index in [0.717, 1.165) is 17.1 Å². The number of hydrogen-bond donors (Lipinski definition) is 2. The third kappa shape index (κ3) is 3.69. The van der Waals surface area contributed by atoms with Crippen molar-refractivity contribution in [3.63, 3.8) is 0 Å². The van der Waals surface area contributed by atoms with Gasteiger partial charge >= 0.3 is 0 Å². The van der Waals surface area contributed by atoms with E-state index in [4.69, 9.17) is 33.7 Å². The molecule has 0 radical (unpaired) electrons. The van der Waals surface area contributed by atoms with Crippen LogP contribution >= 0.6 is 23.2 Å². The SMILES string of the molecule is CCOc1cc(N)cc(Nc2ccc(Cl)cc2Cl)c1. The van der Waals surface area contributed by atoms with Gasteiger partial charge in [0.15, 0.2) is 0 Å². The number of rotatable bonds is 4. The fourth-order valence-corrected chi connectivity index (χ4v) is 2.15.